The lowest BCUT2D eigenvalue weighted by Gasteiger charge is -2.09. The van der Waals surface area contributed by atoms with Gasteiger partial charge in [-0.15, -0.1) is 12.4 Å². The van der Waals surface area contributed by atoms with E-state index < -0.39 is 5.97 Å². The number of hydrogen-bond acceptors (Lipinski definition) is 3. The molecule has 0 fully saturated rings. The lowest BCUT2D eigenvalue weighted by Crippen LogP contribution is -2.26. The zero-order valence-corrected chi connectivity index (χ0v) is 9.83. The standard InChI is InChI=1S/C11H15NO3.ClH/c1-7-4-8(2-3-10(7)13)5-9(12)6-11(14)15;/h2-4,9,13H,5-6,12H2,1H3,(H,14,15);1H. The van der Waals surface area contributed by atoms with Crippen molar-refractivity contribution < 1.29 is 15.0 Å². The molecule has 0 aliphatic rings. The Bertz CT molecular complexity index is 368. The normalized spacial score (nSPS) is 11.6. The van der Waals surface area contributed by atoms with Crippen LogP contribution in [0.4, 0.5) is 0 Å². The van der Waals surface area contributed by atoms with Gasteiger partial charge in [0.1, 0.15) is 5.75 Å². The first-order valence-corrected chi connectivity index (χ1v) is 4.75. The second kappa shape index (κ2) is 6.35. The monoisotopic (exact) mass is 245 g/mol. The van der Waals surface area contributed by atoms with Crippen LogP contribution in [0.5, 0.6) is 5.75 Å². The van der Waals surface area contributed by atoms with Crippen LogP contribution >= 0.6 is 12.4 Å². The number of halogens is 1. The minimum absolute atomic E-state index is 0. The van der Waals surface area contributed by atoms with E-state index in [-0.39, 0.29) is 30.6 Å². The summed E-state index contributed by atoms with van der Waals surface area (Å²) in [5, 5.41) is 17.8. The molecule has 4 N–H and O–H groups in total. The molecule has 0 saturated heterocycles. The van der Waals surface area contributed by atoms with Gasteiger partial charge in [-0.25, -0.2) is 0 Å². The van der Waals surface area contributed by atoms with Crippen molar-refractivity contribution in [3.8, 4) is 5.75 Å². The highest BCUT2D eigenvalue weighted by Crippen LogP contribution is 2.17. The van der Waals surface area contributed by atoms with Gasteiger partial charge in [-0.3, -0.25) is 4.79 Å². The molecular weight excluding hydrogens is 230 g/mol. The van der Waals surface area contributed by atoms with Crippen LogP contribution in [-0.4, -0.2) is 22.2 Å². The van der Waals surface area contributed by atoms with Crippen molar-refractivity contribution in [2.45, 2.75) is 25.8 Å². The lowest BCUT2D eigenvalue weighted by molar-refractivity contribution is -0.137. The summed E-state index contributed by atoms with van der Waals surface area (Å²) in [4.78, 5) is 10.4. The Hall–Kier alpha value is -1.26. The topological polar surface area (TPSA) is 83.6 Å². The van der Waals surface area contributed by atoms with Gasteiger partial charge in [-0.2, -0.15) is 0 Å². The number of nitrogens with two attached hydrogens (primary N) is 1. The number of aliphatic carboxylic acids is 1. The first-order chi connectivity index (χ1) is 6.99. The van der Waals surface area contributed by atoms with Gasteiger partial charge in [0.2, 0.25) is 0 Å². The van der Waals surface area contributed by atoms with Crippen LogP contribution in [-0.2, 0) is 11.2 Å². The van der Waals surface area contributed by atoms with Crippen molar-refractivity contribution in [2.75, 3.05) is 0 Å². The Morgan fingerprint density at radius 2 is 2.12 bits per heavy atom. The summed E-state index contributed by atoms with van der Waals surface area (Å²) < 4.78 is 0. The number of carbonyl (C=O) groups is 1. The second-order valence-corrected chi connectivity index (χ2v) is 3.68. The van der Waals surface area contributed by atoms with Crippen LogP contribution in [0.3, 0.4) is 0 Å². The minimum atomic E-state index is -0.891. The Balaban J connectivity index is 0.00000225. The highest BCUT2D eigenvalue weighted by Gasteiger charge is 2.09. The van der Waals surface area contributed by atoms with Gasteiger partial charge < -0.3 is 15.9 Å². The molecule has 90 valence electrons. The van der Waals surface area contributed by atoms with Crippen LogP contribution < -0.4 is 5.73 Å². The number of phenols is 1. The molecule has 0 aliphatic heterocycles. The molecule has 0 bridgehead atoms. The molecule has 4 nitrogen and oxygen atoms in total. The predicted molar refractivity (Wildman–Crippen MR) is 64.0 cm³/mol. The maximum atomic E-state index is 10.4. The van der Waals surface area contributed by atoms with Gasteiger partial charge in [0.25, 0.3) is 0 Å². The maximum absolute atomic E-state index is 10.4. The predicted octanol–water partition coefficient (Wildman–Crippen LogP) is 1.47. The Kier molecular flexibility index (Phi) is 5.85. The molecule has 1 rings (SSSR count). The quantitative estimate of drug-likeness (QED) is 0.750. The van der Waals surface area contributed by atoms with Crippen molar-refractivity contribution in [3.63, 3.8) is 0 Å². The number of rotatable bonds is 4. The maximum Gasteiger partial charge on any atom is 0.304 e. The Morgan fingerprint density at radius 1 is 1.50 bits per heavy atom. The van der Waals surface area contributed by atoms with E-state index in [4.69, 9.17) is 10.8 Å². The molecule has 0 aromatic heterocycles. The van der Waals surface area contributed by atoms with E-state index in [0.717, 1.165) is 11.1 Å². The first kappa shape index (κ1) is 14.7. The van der Waals surface area contributed by atoms with Gasteiger partial charge in [0, 0.05) is 6.04 Å². The fourth-order valence-electron chi connectivity index (χ4n) is 1.44. The highest BCUT2D eigenvalue weighted by molar-refractivity contribution is 5.85. The van der Waals surface area contributed by atoms with E-state index in [1.54, 1.807) is 19.1 Å². The summed E-state index contributed by atoms with van der Waals surface area (Å²) in [5.41, 5.74) is 7.37. The zero-order valence-electron chi connectivity index (χ0n) is 9.01. The molecule has 0 saturated carbocycles. The number of carboxylic acid groups (broad SMARTS) is 1. The largest absolute Gasteiger partial charge is 0.508 e. The third kappa shape index (κ3) is 4.51. The van der Waals surface area contributed by atoms with Gasteiger partial charge in [-0.1, -0.05) is 12.1 Å². The zero-order chi connectivity index (χ0) is 11.4. The number of hydrogen-bond donors (Lipinski definition) is 3. The summed E-state index contributed by atoms with van der Waals surface area (Å²) >= 11 is 0. The number of aryl methyl sites for hydroxylation is 1. The van der Waals surface area contributed by atoms with E-state index >= 15 is 0 Å². The van der Waals surface area contributed by atoms with Crippen LogP contribution in [0.25, 0.3) is 0 Å². The molecule has 1 atom stereocenters. The van der Waals surface area contributed by atoms with E-state index in [1.165, 1.54) is 0 Å². The average Bonchev–Trinajstić information content (AvgIpc) is 2.10. The SMILES string of the molecule is Cc1cc(CC(N)CC(=O)O)ccc1O.Cl. The van der Waals surface area contributed by atoms with Gasteiger partial charge in [-0.05, 0) is 30.5 Å². The highest BCUT2D eigenvalue weighted by atomic mass is 35.5. The van der Waals surface area contributed by atoms with Crippen LogP contribution in [0.1, 0.15) is 17.5 Å². The fraction of sp³-hybridized carbons (Fsp3) is 0.364. The van der Waals surface area contributed by atoms with Crippen molar-refractivity contribution >= 4 is 18.4 Å². The molecule has 0 heterocycles. The third-order valence-corrected chi connectivity index (χ3v) is 2.20. The van der Waals surface area contributed by atoms with E-state index in [1.807, 2.05) is 6.07 Å². The molecule has 1 aromatic rings. The molecule has 0 aliphatic carbocycles. The van der Waals surface area contributed by atoms with Gasteiger partial charge in [0.05, 0.1) is 6.42 Å². The molecule has 0 amide bonds. The summed E-state index contributed by atoms with van der Waals surface area (Å²) in [6.45, 7) is 1.79. The Labute approximate surface area is 100 Å². The van der Waals surface area contributed by atoms with Gasteiger partial charge >= 0.3 is 5.97 Å². The first-order valence-electron chi connectivity index (χ1n) is 4.75. The van der Waals surface area contributed by atoms with Crippen molar-refractivity contribution in [1.29, 1.82) is 0 Å². The molecule has 0 radical (unpaired) electrons. The third-order valence-electron chi connectivity index (χ3n) is 2.20. The number of benzene rings is 1. The molecule has 0 spiro atoms. The molecule has 1 aromatic carbocycles. The summed E-state index contributed by atoms with van der Waals surface area (Å²) in [5.74, 6) is -0.649. The Morgan fingerprint density at radius 3 is 2.62 bits per heavy atom. The smallest absolute Gasteiger partial charge is 0.304 e. The molecule has 16 heavy (non-hydrogen) atoms. The molecule has 1 unspecified atom stereocenters. The van der Waals surface area contributed by atoms with Crippen LogP contribution in [0.15, 0.2) is 18.2 Å². The summed E-state index contributed by atoms with van der Waals surface area (Å²) in [6, 6.07) is 4.78. The van der Waals surface area contributed by atoms with Crippen molar-refractivity contribution in [3.05, 3.63) is 29.3 Å². The second-order valence-electron chi connectivity index (χ2n) is 3.68. The lowest BCUT2D eigenvalue weighted by atomic mass is 10.0. The molecular formula is C11H16ClNO3. The number of carboxylic acids is 1. The minimum Gasteiger partial charge on any atom is -0.508 e. The van der Waals surface area contributed by atoms with E-state index in [0.29, 0.717) is 6.42 Å². The van der Waals surface area contributed by atoms with E-state index in [9.17, 15) is 9.90 Å². The van der Waals surface area contributed by atoms with E-state index in [2.05, 4.69) is 0 Å². The summed E-state index contributed by atoms with van der Waals surface area (Å²) in [7, 11) is 0. The number of aromatic hydroxyl groups is 1. The van der Waals surface area contributed by atoms with Gasteiger partial charge in [0.15, 0.2) is 0 Å². The van der Waals surface area contributed by atoms with Crippen LogP contribution in [0, 0.1) is 6.92 Å². The van der Waals surface area contributed by atoms with Crippen LogP contribution in [0.2, 0.25) is 0 Å². The number of phenolic OH excluding ortho intramolecular Hbond substituents is 1. The fourth-order valence-corrected chi connectivity index (χ4v) is 1.44. The summed E-state index contributed by atoms with van der Waals surface area (Å²) in [6.07, 6.45) is 0.466. The van der Waals surface area contributed by atoms with Crippen molar-refractivity contribution in [1.82, 2.24) is 0 Å². The van der Waals surface area contributed by atoms with Crippen molar-refractivity contribution in [2.24, 2.45) is 5.73 Å². The molecule has 5 heteroatoms. The average molecular weight is 246 g/mol.